The maximum Gasteiger partial charge on any atom is 0.224 e. The van der Waals surface area contributed by atoms with E-state index in [1.165, 1.54) is 18.2 Å². The molecule has 4 aromatic rings. The third kappa shape index (κ3) is 4.41. The van der Waals surface area contributed by atoms with Crippen LogP contribution in [0, 0.1) is 30.2 Å². The Morgan fingerprint density at radius 1 is 1.05 bits per heavy atom. The molecule has 0 saturated carbocycles. The van der Waals surface area contributed by atoms with E-state index in [9.17, 15) is 17.6 Å². The maximum atomic E-state index is 14.6. The van der Waals surface area contributed by atoms with Crippen molar-refractivity contribution >= 4 is 11.9 Å². The number of piperidine rings is 1. The number of aryl methyl sites for hydroxylation is 1. The van der Waals surface area contributed by atoms with Crippen LogP contribution in [0.15, 0.2) is 71.8 Å². The van der Waals surface area contributed by atoms with Crippen molar-refractivity contribution in [2.24, 2.45) is 5.16 Å². The number of aromatic nitrogens is 2. The number of halogens is 4. The van der Waals surface area contributed by atoms with Crippen molar-refractivity contribution in [2.45, 2.75) is 31.4 Å². The Bertz CT molecular complexity index is 1800. The normalized spacial score (nSPS) is 21.7. The summed E-state index contributed by atoms with van der Waals surface area (Å²) in [7, 11) is 1.60. The van der Waals surface area contributed by atoms with E-state index in [0.29, 0.717) is 36.5 Å². The Balaban J connectivity index is 1.33. The van der Waals surface area contributed by atoms with Crippen LogP contribution in [0.5, 0.6) is 11.5 Å². The standard InChI is InChI=1S/C32H26F4N4O3/c1-18-15-39(17-37-18)26-8-5-19(11-28(26)41-2)10-20-4-3-9-40-30(21-12-24(34)29(36)25(35)13-21)32(43-38-31(20)40)16-42-27-14-22(33)6-7-23(27)32/h5-8,10-15,17,30H,3-4,9,16H2,1-2H3/b20-10+/t30-,32?/m0/s1. The SMILES string of the molecule is COc1cc(/C=C2\CCCN3C2=NOC2(COc4cc(F)ccc42)[C@@H]3c2cc(F)c(F)c(F)c2)ccc1-n1cnc(C)c1. The number of rotatable bonds is 4. The molecule has 3 aliphatic heterocycles. The highest BCUT2D eigenvalue weighted by molar-refractivity contribution is 6.03. The summed E-state index contributed by atoms with van der Waals surface area (Å²) in [4.78, 5) is 12.4. The highest BCUT2D eigenvalue weighted by Gasteiger charge is 2.57. The van der Waals surface area contributed by atoms with Crippen molar-refractivity contribution in [3.05, 3.63) is 112 Å². The second-order valence-electron chi connectivity index (χ2n) is 10.8. The highest BCUT2D eigenvalue weighted by atomic mass is 19.2. The van der Waals surface area contributed by atoms with Crippen molar-refractivity contribution in [2.75, 3.05) is 20.3 Å². The van der Waals surface area contributed by atoms with Gasteiger partial charge < -0.3 is 23.8 Å². The third-order valence-electron chi connectivity index (χ3n) is 8.15. The minimum Gasteiger partial charge on any atom is -0.495 e. The van der Waals surface area contributed by atoms with E-state index >= 15 is 0 Å². The Morgan fingerprint density at radius 2 is 1.86 bits per heavy atom. The number of amidine groups is 1. The average Bonchev–Trinajstić information content (AvgIpc) is 3.59. The van der Waals surface area contributed by atoms with E-state index < -0.39 is 34.9 Å². The number of methoxy groups -OCH3 is 1. The molecule has 11 heteroatoms. The summed E-state index contributed by atoms with van der Waals surface area (Å²) >= 11 is 0. The van der Waals surface area contributed by atoms with E-state index in [2.05, 4.69) is 10.1 Å². The van der Waals surface area contributed by atoms with Crippen molar-refractivity contribution in [1.82, 2.24) is 14.5 Å². The molecular formula is C32H26F4N4O3. The van der Waals surface area contributed by atoms with Crippen LogP contribution in [0.4, 0.5) is 17.6 Å². The molecule has 0 radical (unpaired) electrons. The summed E-state index contributed by atoms with van der Waals surface area (Å²) in [5.74, 6) is -3.33. The van der Waals surface area contributed by atoms with Crippen LogP contribution in [0.25, 0.3) is 11.8 Å². The van der Waals surface area contributed by atoms with E-state index in [4.69, 9.17) is 14.3 Å². The predicted molar refractivity (Wildman–Crippen MR) is 150 cm³/mol. The van der Waals surface area contributed by atoms with Crippen molar-refractivity contribution in [3.8, 4) is 17.2 Å². The molecule has 3 aliphatic rings. The molecule has 1 spiro atoms. The minimum atomic E-state index is -1.56. The fourth-order valence-electron chi connectivity index (χ4n) is 6.23. The lowest BCUT2D eigenvalue weighted by Crippen LogP contribution is -2.54. The summed E-state index contributed by atoms with van der Waals surface area (Å²) in [6.45, 7) is 2.30. The fraction of sp³-hybridized carbons (Fsp3) is 0.250. The van der Waals surface area contributed by atoms with Crippen LogP contribution in [0.2, 0.25) is 0 Å². The first-order valence-electron chi connectivity index (χ1n) is 13.8. The molecule has 1 unspecified atom stereocenters. The number of hydrogen-bond acceptors (Lipinski definition) is 6. The Labute approximate surface area is 244 Å². The van der Waals surface area contributed by atoms with E-state index in [0.717, 1.165) is 34.7 Å². The highest BCUT2D eigenvalue weighted by Crippen LogP contribution is 2.53. The van der Waals surface area contributed by atoms with Gasteiger partial charge in [-0.1, -0.05) is 11.2 Å². The predicted octanol–water partition coefficient (Wildman–Crippen LogP) is 6.60. The second kappa shape index (κ2) is 10.2. The molecular weight excluding hydrogens is 564 g/mol. The van der Waals surface area contributed by atoms with Crippen molar-refractivity contribution in [1.29, 1.82) is 0 Å². The van der Waals surface area contributed by atoms with Gasteiger partial charge in [0.1, 0.15) is 30.0 Å². The molecule has 3 aromatic carbocycles. The summed E-state index contributed by atoms with van der Waals surface area (Å²) in [5.41, 5.74) is 2.65. The van der Waals surface area contributed by atoms with Gasteiger partial charge >= 0.3 is 0 Å². The molecule has 0 amide bonds. The summed E-state index contributed by atoms with van der Waals surface area (Å²) in [6.07, 6.45) is 6.95. The Morgan fingerprint density at radius 3 is 2.60 bits per heavy atom. The first-order valence-corrected chi connectivity index (χ1v) is 13.8. The van der Waals surface area contributed by atoms with Gasteiger partial charge in [-0.2, -0.15) is 0 Å². The molecule has 0 N–H and O–H groups in total. The monoisotopic (exact) mass is 590 g/mol. The van der Waals surface area contributed by atoms with Crippen LogP contribution < -0.4 is 9.47 Å². The van der Waals surface area contributed by atoms with Gasteiger partial charge in [-0.3, -0.25) is 0 Å². The zero-order valence-corrected chi connectivity index (χ0v) is 23.3. The zero-order valence-electron chi connectivity index (χ0n) is 23.3. The number of benzene rings is 3. The average molecular weight is 591 g/mol. The number of ether oxygens (including phenoxy) is 2. The van der Waals surface area contributed by atoms with Crippen molar-refractivity contribution < 1.29 is 31.9 Å². The molecule has 0 bridgehead atoms. The van der Waals surface area contributed by atoms with Crippen LogP contribution in [-0.4, -0.2) is 40.5 Å². The molecule has 1 saturated heterocycles. The third-order valence-corrected chi connectivity index (χ3v) is 8.15. The fourth-order valence-corrected chi connectivity index (χ4v) is 6.23. The number of fused-ring (bicyclic) bond motifs is 3. The van der Waals surface area contributed by atoms with E-state index in [1.54, 1.807) is 13.4 Å². The zero-order chi connectivity index (χ0) is 29.9. The van der Waals surface area contributed by atoms with E-state index in [1.807, 2.05) is 46.9 Å². The first-order chi connectivity index (χ1) is 20.8. The first kappa shape index (κ1) is 27.1. The summed E-state index contributed by atoms with van der Waals surface area (Å²) in [5, 5.41) is 4.53. The maximum absolute atomic E-state index is 14.6. The topological polar surface area (TPSA) is 61.1 Å². The van der Waals surface area contributed by atoms with Gasteiger partial charge in [-0.05, 0) is 78.9 Å². The number of nitrogens with zero attached hydrogens (tertiary/aromatic N) is 4. The minimum absolute atomic E-state index is 0.0875. The van der Waals surface area contributed by atoms with E-state index in [-0.39, 0.29) is 17.9 Å². The smallest absolute Gasteiger partial charge is 0.224 e. The van der Waals surface area contributed by atoms with Crippen molar-refractivity contribution in [3.63, 3.8) is 0 Å². The molecule has 2 atom stereocenters. The van der Waals surface area contributed by atoms with Gasteiger partial charge in [-0.15, -0.1) is 0 Å². The van der Waals surface area contributed by atoms with Gasteiger partial charge in [0.2, 0.25) is 5.60 Å². The molecule has 4 heterocycles. The van der Waals surface area contributed by atoms with Gasteiger partial charge in [-0.25, -0.2) is 22.5 Å². The molecule has 1 fully saturated rings. The van der Waals surface area contributed by atoms with Crippen LogP contribution in [0.3, 0.4) is 0 Å². The quantitative estimate of drug-likeness (QED) is 0.198. The van der Waals surface area contributed by atoms with Crippen LogP contribution in [-0.2, 0) is 10.4 Å². The molecule has 220 valence electrons. The number of hydrogen-bond donors (Lipinski definition) is 0. The largest absolute Gasteiger partial charge is 0.495 e. The molecule has 1 aromatic heterocycles. The molecule has 7 rings (SSSR count). The lowest BCUT2D eigenvalue weighted by molar-refractivity contribution is -0.125. The molecule has 43 heavy (non-hydrogen) atoms. The lowest BCUT2D eigenvalue weighted by atomic mass is 9.80. The number of oxime groups is 1. The second-order valence-corrected chi connectivity index (χ2v) is 10.8. The van der Waals surface area contributed by atoms with Crippen LogP contribution >= 0.6 is 0 Å². The van der Waals surface area contributed by atoms with Gasteiger partial charge in [0.15, 0.2) is 23.3 Å². The Hall–Kier alpha value is -4.80. The molecule has 0 aliphatic carbocycles. The lowest BCUT2D eigenvalue weighted by Gasteiger charge is -2.48. The Kier molecular flexibility index (Phi) is 6.41. The van der Waals surface area contributed by atoms with Gasteiger partial charge in [0, 0.05) is 24.4 Å². The molecule has 7 nitrogen and oxygen atoms in total. The number of imidazole rings is 1. The summed E-state index contributed by atoms with van der Waals surface area (Å²) in [6, 6.07) is 10.9. The van der Waals surface area contributed by atoms with Gasteiger partial charge in [0.05, 0.1) is 24.8 Å². The van der Waals surface area contributed by atoms with Gasteiger partial charge in [0.25, 0.3) is 0 Å². The summed E-state index contributed by atoms with van der Waals surface area (Å²) < 4.78 is 70.8. The van der Waals surface area contributed by atoms with Crippen LogP contribution in [0.1, 0.15) is 41.3 Å².